The molecule has 0 spiro atoms. The summed E-state index contributed by atoms with van der Waals surface area (Å²) < 4.78 is 36.9. The van der Waals surface area contributed by atoms with Crippen molar-refractivity contribution in [1.29, 1.82) is 0 Å². The molecule has 0 bridgehead atoms. The van der Waals surface area contributed by atoms with Crippen molar-refractivity contribution in [2.45, 2.75) is 37.7 Å². The Hall–Kier alpha value is -1.20. The van der Waals surface area contributed by atoms with Crippen molar-refractivity contribution in [3.05, 3.63) is 29.8 Å². The summed E-state index contributed by atoms with van der Waals surface area (Å²) in [6.45, 7) is 0.850. The monoisotopic (exact) mass is 300 g/mol. The van der Waals surface area contributed by atoms with Crippen molar-refractivity contribution < 1.29 is 23.4 Å². The van der Waals surface area contributed by atoms with Gasteiger partial charge in [0.05, 0.1) is 12.7 Å². The molecule has 1 aromatic carbocycles. The number of benzene rings is 1. The Balaban J connectivity index is 2.03. The summed E-state index contributed by atoms with van der Waals surface area (Å²) in [5.74, 6) is -2.12. The highest BCUT2D eigenvalue weighted by molar-refractivity contribution is 5.35. The molecule has 21 heavy (non-hydrogen) atoms. The fourth-order valence-electron chi connectivity index (χ4n) is 2.72. The molecule has 0 saturated heterocycles. The Morgan fingerprint density at radius 3 is 2.57 bits per heavy atom. The van der Waals surface area contributed by atoms with E-state index in [2.05, 4.69) is 0 Å². The van der Waals surface area contributed by atoms with Gasteiger partial charge in [-0.05, 0) is 24.8 Å². The van der Waals surface area contributed by atoms with Crippen LogP contribution in [0.15, 0.2) is 24.3 Å². The lowest BCUT2D eigenvalue weighted by Crippen LogP contribution is -2.28. The van der Waals surface area contributed by atoms with Crippen LogP contribution in [0.3, 0.4) is 0 Å². The molecule has 0 aromatic heterocycles. The molecule has 3 nitrogen and oxygen atoms in total. The highest BCUT2D eigenvalue weighted by Crippen LogP contribution is 2.42. The van der Waals surface area contributed by atoms with Crippen LogP contribution in [0.2, 0.25) is 0 Å². The van der Waals surface area contributed by atoms with Crippen LogP contribution in [0.1, 0.15) is 37.4 Å². The molecular weight excluding hydrogens is 278 g/mol. The molecule has 1 fully saturated rings. The van der Waals surface area contributed by atoms with E-state index in [-0.39, 0.29) is 18.8 Å². The average Bonchev–Trinajstić information content (AvgIpc) is 2.47. The fourth-order valence-corrected chi connectivity index (χ4v) is 2.72. The Labute approximate surface area is 123 Å². The van der Waals surface area contributed by atoms with Gasteiger partial charge < -0.3 is 14.6 Å². The number of hydrogen-bond donors (Lipinski definition) is 1. The number of aliphatic hydroxyl groups is 1. The molecule has 0 radical (unpaired) electrons. The van der Waals surface area contributed by atoms with Crippen molar-refractivity contribution in [2.24, 2.45) is 5.92 Å². The lowest BCUT2D eigenvalue weighted by Gasteiger charge is -2.32. The number of hydrogen-bond acceptors (Lipinski definition) is 3. The van der Waals surface area contributed by atoms with Gasteiger partial charge in [0, 0.05) is 25.5 Å². The first-order valence-corrected chi connectivity index (χ1v) is 7.30. The molecule has 1 saturated carbocycles. The van der Waals surface area contributed by atoms with Crippen LogP contribution < -0.4 is 4.74 Å². The minimum absolute atomic E-state index is 0.142. The summed E-state index contributed by atoms with van der Waals surface area (Å²) in [4.78, 5) is 0. The Morgan fingerprint density at radius 1 is 1.24 bits per heavy atom. The van der Waals surface area contributed by atoms with Crippen LogP contribution >= 0.6 is 0 Å². The number of alkyl halides is 2. The van der Waals surface area contributed by atoms with Gasteiger partial charge >= 0.3 is 0 Å². The summed E-state index contributed by atoms with van der Waals surface area (Å²) in [5.41, 5.74) is 0.670. The summed E-state index contributed by atoms with van der Waals surface area (Å²) >= 11 is 0. The van der Waals surface area contributed by atoms with Crippen LogP contribution in [0.4, 0.5) is 8.78 Å². The third-order valence-corrected chi connectivity index (χ3v) is 3.99. The van der Waals surface area contributed by atoms with Gasteiger partial charge in [-0.25, -0.2) is 8.78 Å². The standard InChI is InChI=1S/C16H22F2O3/c1-20-10-11-21-14-5-3-2-4-13(14)15(19)12-6-8-16(17,18)9-7-12/h2-5,12,15,19H,6-11H2,1H3. The van der Waals surface area contributed by atoms with E-state index in [4.69, 9.17) is 9.47 Å². The lowest BCUT2D eigenvalue weighted by molar-refractivity contribution is -0.0629. The van der Waals surface area contributed by atoms with E-state index in [9.17, 15) is 13.9 Å². The quantitative estimate of drug-likeness (QED) is 0.816. The SMILES string of the molecule is COCCOc1ccccc1C(O)C1CCC(F)(F)CC1. The van der Waals surface area contributed by atoms with E-state index in [1.165, 1.54) is 0 Å². The normalized spacial score (nSPS) is 20.2. The summed E-state index contributed by atoms with van der Waals surface area (Å²) in [6, 6.07) is 7.22. The topological polar surface area (TPSA) is 38.7 Å². The van der Waals surface area contributed by atoms with E-state index in [0.717, 1.165) is 0 Å². The third-order valence-electron chi connectivity index (χ3n) is 3.99. The van der Waals surface area contributed by atoms with Crippen molar-refractivity contribution in [1.82, 2.24) is 0 Å². The molecule has 0 heterocycles. The molecule has 1 atom stereocenters. The van der Waals surface area contributed by atoms with Crippen molar-refractivity contribution in [3.8, 4) is 5.75 Å². The second-order valence-electron chi connectivity index (χ2n) is 5.52. The maximum absolute atomic E-state index is 13.2. The number of methoxy groups -OCH3 is 1. The molecule has 1 aromatic rings. The summed E-state index contributed by atoms with van der Waals surface area (Å²) in [7, 11) is 1.59. The minimum atomic E-state index is -2.58. The number of ether oxygens (including phenoxy) is 2. The molecule has 0 aliphatic heterocycles. The van der Waals surface area contributed by atoms with Crippen LogP contribution in [0, 0.1) is 5.92 Å². The second-order valence-corrected chi connectivity index (χ2v) is 5.52. The zero-order valence-electron chi connectivity index (χ0n) is 12.2. The van der Waals surface area contributed by atoms with E-state index >= 15 is 0 Å². The highest BCUT2D eigenvalue weighted by atomic mass is 19.3. The van der Waals surface area contributed by atoms with Crippen LogP contribution in [0.25, 0.3) is 0 Å². The second kappa shape index (κ2) is 7.18. The maximum Gasteiger partial charge on any atom is 0.248 e. The van der Waals surface area contributed by atoms with Crippen molar-refractivity contribution >= 4 is 0 Å². The van der Waals surface area contributed by atoms with Crippen LogP contribution in [0.5, 0.6) is 5.75 Å². The smallest absolute Gasteiger partial charge is 0.248 e. The Bertz CT molecular complexity index is 441. The number of aliphatic hydroxyl groups excluding tert-OH is 1. The number of rotatable bonds is 6. The summed E-state index contributed by atoms with van der Waals surface area (Å²) in [6.07, 6.45) is -0.399. The lowest BCUT2D eigenvalue weighted by atomic mass is 9.81. The van der Waals surface area contributed by atoms with Gasteiger partial charge in [0.15, 0.2) is 0 Å². The van der Waals surface area contributed by atoms with Gasteiger partial charge in [-0.2, -0.15) is 0 Å². The van der Waals surface area contributed by atoms with Gasteiger partial charge in [-0.1, -0.05) is 18.2 Å². The average molecular weight is 300 g/mol. The van der Waals surface area contributed by atoms with Gasteiger partial charge in [-0.3, -0.25) is 0 Å². The maximum atomic E-state index is 13.2. The predicted molar refractivity (Wildman–Crippen MR) is 75.7 cm³/mol. The molecule has 118 valence electrons. The molecule has 1 unspecified atom stereocenters. The first-order chi connectivity index (χ1) is 10.0. The largest absolute Gasteiger partial charge is 0.491 e. The number of halogens is 2. The third kappa shape index (κ3) is 4.38. The van der Waals surface area contributed by atoms with Gasteiger partial charge in [0.2, 0.25) is 5.92 Å². The molecule has 1 N–H and O–H groups in total. The molecule has 2 rings (SSSR count). The molecule has 0 amide bonds. The molecule has 5 heteroatoms. The van der Waals surface area contributed by atoms with E-state index in [1.807, 2.05) is 12.1 Å². The molecule has 1 aliphatic rings. The van der Waals surface area contributed by atoms with E-state index < -0.39 is 12.0 Å². The van der Waals surface area contributed by atoms with E-state index in [1.54, 1.807) is 19.2 Å². The van der Waals surface area contributed by atoms with Gasteiger partial charge in [0.1, 0.15) is 12.4 Å². The zero-order chi connectivity index (χ0) is 15.3. The first kappa shape index (κ1) is 16.2. The Kier molecular flexibility index (Phi) is 5.53. The molecular formula is C16H22F2O3. The molecule has 1 aliphatic carbocycles. The summed E-state index contributed by atoms with van der Waals surface area (Å²) in [5, 5.41) is 10.5. The predicted octanol–water partition coefficient (Wildman–Crippen LogP) is 3.57. The van der Waals surface area contributed by atoms with Gasteiger partial charge in [-0.15, -0.1) is 0 Å². The minimum Gasteiger partial charge on any atom is -0.491 e. The van der Waals surface area contributed by atoms with Crippen molar-refractivity contribution in [2.75, 3.05) is 20.3 Å². The van der Waals surface area contributed by atoms with Gasteiger partial charge in [0.25, 0.3) is 0 Å². The van der Waals surface area contributed by atoms with E-state index in [0.29, 0.717) is 37.4 Å². The fraction of sp³-hybridized carbons (Fsp3) is 0.625. The Morgan fingerprint density at radius 2 is 1.90 bits per heavy atom. The van der Waals surface area contributed by atoms with Crippen LogP contribution in [-0.4, -0.2) is 31.4 Å². The highest BCUT2D eigenvalue weighted by Gasteiger charge is 2.38. The van der Waals surface area contributed by atoms with Crippen molar-refractivity contribution in [3.63, 3.8) is 0 Å². The number of para-hydroxylation sites is 1. The first-order valence-electron chi connectivity index (χ1n) is 7.30. The van der Waals surface area contributed by atoms with Crippen LogP contribution in [-0.2, 0) is 4.74 Å². The zero-order valence-corrected chi connectivity index (χ0v) is 12.2.